The van der Waals surface area contributed by atoms with E-state index in [2.05, 4.69) is 10.6 Å². The number of para-hydroxylation sites is 1. The van der Waals surface area contributed by atoms with Gasteiger partial charge in [-0.3, -0.25) is 9.36 Å². The summed E-state index contributed by atoms with van der Waals surface area (Å²) in [7, 11) is 1.60. The minimum Gasteiger partial charge on any atom is -0.496 e. The Morgan fingerprint density at radius 1 is 0.980 bits per heavy atom. The van der Waals surface area contributed by atoms with Crippen LogP contribution in [0.4, 0.5) is 0 Å². The highest BCUT2D eigenvalue weighted by Gasteiger charge is 2.37. The van der Waals surface area contributed by atoms with Crippen molar-refractivity contribution < 1.29 is 14.3 Å². The van der Waals surface area contributed by atoms with Crippen LogP contribution in [0, 0.1) is 0 Å². The number of methoxy groups -OCH3 is 1. The van der Waals surface area contributed by atoms with Gasteiger partial charge >= 0.3 is 5.97 Å². The van der Waals surface area contributed by atoms with E-state index in [4.69, 9.17) is 37.7 Å². The Morgan fingerprint density at radius 2 is 1.76 bits per heavy atom. The third kappa shape index (κ3) is 5.98. The molecule has 1 aliphatic rings. The second-order valence-corrected chi connectivity index (χ2v) is 13.6. The molecule has 0 radical (unpaired) electrons. The number of rotatable bonds is 9. The zero-order chi connectivity index (χ0) is 34.2. The van der Waals surface area contributed by atoms with E-state index in [9.17, 15) is 9.59 Å². The van der Waals surface area contributed by atoms with E-state index >= 15 is 0 Å². The monoisotopic (exact) mass is 709 g/mol. The van der Waals surface area contributed by atoms with Crippen LogP contribution in [-0.2, 0) is 16.1 Å². The van der Waals surface area contributed by atoms with Crippen molar-refractivity contribution in [1.82, 2.24) is 9.13 Å². The smallest absolute Gasteiger partial charge is 0.338 e. The Labute approximate surface area is 297 Å². The highest BCUT2D eigenvalue weighted by Crippen LogP contribution is 2.41. The molecular weight excluding hydrogens is 677 g/mol. The Balaban J connectivity index is 1.47. The predicted octanol–water partition coefficient (Wildman–Crippen LogP) is 8.05. The van der Waals surface area contributed by atoms with Gasteiger partial charge in [-0.15, -0.1) is 0 Å². The number of fused-ring (bicyclic) bond motifs is 3. The molecule has 49 heavy (non-hydrogen) atoms. The molecule has 7 rings (SSSR count). The Morgan fingerprint density at radius 3 is 2.51 bits per heavy atom. The number of hydrogen-bond donors (Lipinski definition) is 0. The lowest BCUT2D eigenvalue weighted by molar-refractivity contribution is -0.139. The second-order valence-electron chi connectivity index (χ2n) is 11.8. The van der Waals surface area contributed by atoms with Crippen molar-refractivity contribution in [1.29, 1.82) is 0 Å². The van der Waals surface area contributed by atoms with Crippen LogP contribution in [0.1, 0.15) is 49.4 Å². The quantitative estimate of drug-likeness (QED) is 0.142. The number of benzene rings is 4. The molecule has 6 aromatic rings. The van der Waals surface area contributed by atoms with Crippen LogP contribution in [0.3, 0.4) is 0 Å². The minimum absolute atomic E-state index is 0.192. The van der Waals surface area contributed by atoms with Gasteiger partial charge in [-0.25, -0.2) is 9.79 Å². The number of esters is 1. The number of thiazole rings is 1. The Hall–Kier alpha value is -4.63. The van der Waals surface area contributed by atoms with E-state index in [1.165, 1.54) is 11.3 Å². The van der Waals surface area contributed by atoms with E-state index in [-0.39, 0.29) is 12.2 Å². The number of ether oxygens (including phenoxy) is 2. The zero-order valence-electron chi connectivity index (χ0n) is 27.2. The van der Waals surface area contributed by atoms with Crippen LogP contribution < -0.4 is 19.6 Å². The summed E-state index contributed by atoms with van der Waals surface area (Å²) in [5.74, 6) is 0.0811. The first-order valence-electron chi connectivity index (χ1n) is 16.1. The maximum atomic E-state index is 14.7. The molecule has 0 spiro atoms. The van der Waals surface area contributed by atoms with Gasteiger partial charge < -0.3 is 14.0 Å². The van der Waals surface area contributed by atoms with Crippen LogP contribution in [0.25, 0.3) is 27.8 Å². The summed E-state index contributed by atoms with van der Waals surface area (Å²) in [6.45, 7) is 4.58. The largest absolute Gasteiger partial charge is 0.496 e. The highest BCUT2D eigenvalue weighted by molar-refractivity contribution is 7.07. The first kappa shape index (κ1) is 32.9. The number of aromatic nitrogens is 2. The lowest BCUT2D eigenvalue weighted by atomic mass is 9.90. The molecule has 0 N–H and O–H groups in total. The predicted molar refractivity (Wildman–Crippen MR) is 198 cm³/mol. The minimum atomic E-state index is -0.809. The van der Waals surface area contributed by atoms with Gasteiger partial charge in [0.2, 0.25) is 0 Å². The van der Waals surface area contributed by atoms with E-state index < -0.39 is 12.0 Å². The van der Waals surface area contributed by atoms with Gasteiger partial charge in [0.15, 0.2) is 4.80 Å². The molecule has 10 heteroatoms. The van der Waals surface area contributed by atoms with Gasteiger partial charge in [0.25, 0.3) is 5.56 Å². The lowest BCUT2D eigenvalue weighted by Gasteiger charge is -2.28. The van der Waals surface area contributed by atoms with Crippen molar-refractivity contribution in [3.05, 3.63) is 143 Å². The third-order valence-corrected chi connectivity index (χ3v) is 10.5. The fraction of sp³-hybridized carbons (Fsp3) is 0.205. The van der Waals surface area contributed by atoms with Crippen molar-refractivity contribution in [2.24, 2.45) is 4.99 Å². The molecule has 1 unspecified atom stereocenters. The van der Waals surface area contributed by atoms with Crippen molar-refractivity contribution in [3.63, 3.8) is 0 Å². The first-order valence-corrected chi connectivity index (χ1v) is 17.7. The number of carbonyl (C=O) groups excluding carboxylic acids is 1. The molecule has 4 aromatic carbocycles. The molecule has 1 atom stereocenters. The fourth-order valence-electron chi connectivity index (χ4n) is 6.63. The molecule has 0 fully saturated rings. The first-order chi connectivity index (χ1) is 23.8. The number of carbonyl (C=O) groups is 1. The van der Waals surface area contributed by atoms with Gasteiger partial charge in [0, 0.05) is 34.8 Å². The van der Waals surface area contributed by atoms with Crippen LogP contribution in [0.2, 0.25) is 10.0 Å². The summed E-state index contributed by atoms with van der Waals surface area (Å²) >= 11 is 13.8. The maximum absolute atomic E-state index is 14.7. The van der Waals surface area contributed by atoms with E-state index in [0.29, 0.717) is 49.4 Å². The molecule has 0 aliphatic carbocycles. The molecular formula is C39H33Cl2N3O4S. The van der Waals surface area contributed by atoms with Crippen molar-refractivity contribution in [2.45, 2.75) is 39.3 Å². The molecule has 1 aliphatic heterocycles. The normalized spacial score (nSPS) is 14.7. The van der Waals surface area contributed by atoms with Crippen molar-refractivity contribution in [3.8, 4) is 5.75 Å². The second kappa shape index (κ2) is 13.7. The van der Waals surface area contributed by atoms with Crippen LogP contribution >= 0.6 is 34.5 Å². The summed E-state index contributed by atoms with van der Waals surface area (Å²) in [5, 5.41) is 3.85. The summed E-state index contributed by atoms with van der Waals surface area (Å²) < 4.78 is 15.8. The Bertz CT molecular complexity index is 2480. The number of hydrogen-bond acceptors (Lipinski definition) is 6. The van der Waals surface area contributed by atoms with Gasteiger partial charge in [-0.05, 0) is 60.0 Å². The topological polar surface area (TPSA) is 74.8 Å². The highest BCUT2D eigenvalue weighted by atomic mass is 35.5. The average Bonchev–Trinajstić information content (AvgIpc) is 3.61. The zero-order valence-corrected chi connectivity index (χ0v) is 29.5. The maximum Gasteiger partial charge on any atom is 0.338 e. The molecule has 7 nitrogen and oxygen atoms in total. The van der Waals surface area contributed by atoms with Gasteiger partial charge in [-0.2, -0.15) is 0 Å². The average molecular weight is 711 g/mol. The molecule has 0 saturated heterocycles. The van der Waals surface area contributed by atoms with Gasteiger partial charge in [0.05, 0.1) is 39.6 Å². The van der Waals surface area contributed by atoms with Crippen LogP contribution in [0.5, 0.6) is 5.75 Å². The van der Waals surface area contributed by atoms with Crippen molar-refractivity contribution >= 4 is 68.3 Å². The molecule has 3 heterocycles. The summed E-state index contributed by atoms with van der Waals surface area (Å²) in [6, 6.07) is 24.7. The summed E-state index contributed by atoms with van der Waals surface area (Å²) in [5.41, 5.74) is 4.35. The summed E-state index contributed by atoms with van der Waals surface area (Å²) in [6.07, 6.45) is 5.27. The molecule has 0 amide bonds. The third-order valence-electron chi connectivity index (χ3n) is 8.76. The lowest BCUT2D eigenvalue weighted by Crippen LogP contribution is -2.40. The SMILES string of the molecule is CCCC1=C(C(=O)OCC)C(c2c(OC)ccc3ccccc23)n2c(s/c(=C/c3cn(Cc4ccc(Cl)c(Cl)c4)c4ccccc34)c2=O)=N1. The van der Waals surface area contributed by atoms with Crippen molar-refractivity contribution in [2.75, 3.05) is 13.7 Å². The number of halogens is 2. The van der Waals surface area contributed by atoms with E-state index in [1.54, 1.807) is 24.7 Å². The number of nitrogens with zero attached hydrogens (tertiary/aromatic N) is 3. The van der Waals surface area contributed by atoms with Crippen LogP contribution in [-0.4, -0.2) is 28.8 Å². The van der Waals surface area contributed by atoms with Gasteiger partial charge in [-0.1, -0.05) is 102 Å². The van der Waals surface area contributed by atoms with E-state index in [1.807, 2.05) is 85.9 Å². The van der Waals surface area contributed by atoms with E-state index in [0.717, 1.165) is 44.8 Å². The molecule has 0 saturated carbocycles. The molecule has 248 valence electrons. The van der Waals surface area contributed by atoms with Crippen LogP contribution in [0.15, 0.2) is 106 Å². The molecule has 0 bridgehead atoms. The number of allylic oxidation sites excluding steroid dienone is 1. The fourth-order valence-corrected chi connectivity index (χ4v) is 7.96. The van der Waals surface area contributed by atoms with Gasteiger partial charge in [0.1, 0.15) is 11.8 Å². The summed E-state index contributed by atoms with van der Waals surface area (Å²) in [4.78, 5) is 34.0. The Kier molecular flexibility index (Phi) is 9.20. The molecule has 2 aromatic heterocycles. The standard InChI is InChI=1S/C39H33Cl2N3O4S/c1-4-10-30-35(38(46)48-5-2)36(34-27-13-7-6-11-24(27)16-18-32(34)47-3)44-37(45)33(49-39(44)42-30)20-25-22-43(31-14-9-8-12-26(25)31)21-23-15-17-28(40)29(41)19-23/h6-9,11-20,22,36H,4-5,10,21H2,1-3H3/b33-20+.